The molecule has 0 atom stereocenters. The maximum Gasteiger partial charge on any atom is 0.256 e. The van der Waals surface area contributed by atoms with Crippen LogP contribution in [0.2, 0.25) is 0 Å². The third-order valence-corrected chi connectivity index (χ3v) is 3.90. The molecule has 0 spiro atoms. The Morgan fingerprint density at radius 1 is 1.08 bits per heavy atom. The molecule has 128 valence electrons. The lowest BCUT2D eigenvalue weighted by Crippen LogP contribution is -2.16. The number of para-hydroxylation sites is 2. The molecule has 0 saturated carbocycles. The highest BCUT2D eigenvalue weighted by atomic mass is 32.2. The zero-order chi connectivity index (χ0) is 17.7. The van der Waals surface area contributed by atoms with Gasteiger partial charge in [0.1, 0.15) is 5.75 Å². The maximum atomic E-state index is 12.6. The van der Waals surface area contributed by atoms with E-state index in [9.17, 15) is 13.2 Å². The molecular weight excluding hydrogens is 328 g/mol. The van der Waals surface area contributed by atoms with E-state index in [-0.39, 0.29) is 5.91 Å². The number of ether oxygens (including phenoxy) is 1. The molecule has 0 fully saturated rings. The molecule has 0 aromatic heterocycles. The van der Waals surface area contributed by atoms with Gasteiger partial charge in [-0.1, -0.05) is 18.2 Å². The largest absolute Gasteiger partial charge is 0.492 e. The fourth-order valence-electron chi connectivity index (χ4n) is 2.23. The number of anilines is 2. The first-order valence-electron chi connectivity index (χ1n) is 7.42. The Balaban J connectivity index is 2.29. The lowest BCUT2D eigenvalue weighted by atomic mass is 10.1. The Kier molecular flexibility index (Phi) is 5.46. The molecular formula is C17H20N2O4S. The molecule has 6 nitrogen and oxygen atoms in total. The molecule has 2 aromatic rings. The summed E-state index contributed by atoms with van der Waals surface area (Å²) in [6, 6.07) is 12.0. The lowest BCUT2D eigenvalue weighted by molar-refractivity contribution is 0.102. The van der Waals surface area contributed by atoms with Gasteiger partial charge in [-0.3, -0.25) is 9.52 Å². The first-order chi connectivity index (χ1) is 11.3. The lowest BCUT2D eigenvalue weighted by Gasteiger charge is -2.14. The highest BCUT2D eigenvalue weighted by molar-refractivity contribution is 7.92. The van der Waals surface area contributed by atoms with E-state index in [1.165, 1.54) is 0 Å². The predicted octanol–water partition coefficient (Wildman–Crippen LogP) is 3.02. The zero-order valence-corrected chi connectivity index (χ0v) is 14.6. The Hall–Kier alpha value is -2.54. The predicted molar refractivity (Wildman–Crippen MR) is 95.2 cm³/mol. The molecule has 0 aliphatic carbocycles. The molecule has 0 saturated heterocycles. The van der Waals surface area contributed by atoms with E-state index >= 15 is 0 Å². The summed E-state index contributed by atoms with van der Waals surface area (Å²) in [5.74, 6) is 0.244. The highest BCUT2D eigenvalue weighted by Gasteiger charge is 2.15. The van der Waals surface area contributed by atoms with E-state index in [1.807, 2.05) is 13.0 Å². The molecule has 0 unspecified atom stereocenters. The van der Waals surface area contributed by atoms with Gasteiger partial charge in [0.05, 0.1) is 24.2 Å². The van der Waals surface area contributed by atoms with Crippen molar-refractivity contribution in [1.82, 2.24) is 0 Å². The number of hydrogen-bond acceptors (Lipinski definition) is 4. The van der Waals surface area contributed by atoms with Crippen molar-refractivity contribution in [2.75, 3.05) is 22.9 Å². The standard InChI is InChI=1S/C17H20N2O4S/c1-4-23-16-11-6-5-9-15(16)18-17(20)13-8-7-10-14(12(13)2)19-24(3,21)22/h5-11,19H,4H2,1-3H3,(H,18,20). The van der Waals surface area contributed by atoms with Crippen LogP contribution in [0.15, 0.2) is 42.5 Å². The Morgan fingerprint density at radius 3 is 2.42 bits per heavy atom. The summed E-state index contributed by atoms with van der Waals surface area (Å²) in [6.07, 6.45) is 1.07. The van der Waals surface area contributed by atoms with Crippen molar-refractivity contribution in [3.8, 4) is 5.75 Å². The summed E-state index contributed by atoms with van der Waals surface area (Å²) >= 11 is 0. The maximum absolute atomic E-state index is 12.6. The van der Waals surface area contributed by atoms with E-state index in [0.29, 0.717) is 34.9 Å². The van der Waals surface area contributed by atoms with Gasteiger partial charge in [-0.2, -0.15) is 0 Å². The molecule has 2 rings (SSSR count). The highest BCUT2D eigenvalue weighted by Crippen LogP contribution is 2.26. The van der Waals surface area contributed by atoms with Gasteiger partial charge in [-0.15, -0.1) is 0 Å². The number of rotatable bonds is 6. The second kappa shape index (κ2) is 7.35. The average molecular weight is 348 g/mol. The first kappa shape index (κ1) is 17.8. The molecule has 7 heteroatoms. The van der Waals surface area contributed by atoms with Crippen molar-refractivity contribution < 1.29 is 17.9 Å². The van der Waals surface area contributed by atoms with Crippen molar-refractivity contribution in [1.29, 1.82) is 0 Å². The van der Waals surface area contributed by atoms with Gasteiger partial charge < -0.3 is 10.1 Å². The van der Waals surface area contributed by atoms with E-state index in [0.717, 1.165) is 6.26 Å². The number of sulfonamides is 1. The molecule has 1 amide bonds. The van der Waals surface area contributed by atoms with Crippen LogP contribution in [-0.2, 0) is 10.0 Å². The quantitative estimate of drug-likeness (QED) is 0.840. The van der Waals surface area contributed by atoms with Crippen LogP contribution < -0.4 is 14.8 Å². The van der Waals surface area contributed by atoms with Crippen LogP contribution in [0.1, 0.15) is 22.8 Å². The van der Waals surface area contributed by atoms with Gasteiger partial charge in [-0.05, 0) is 43.7 Å². The molecule has 24 heavy (non-hydrogen) atoms. The van der Waals surface area contributed by atoms with Gasteiger partial charge in [0, 0.05) is 5.56 Å². The van der Waals surface area contributed by atoms with Crippen molar-refractivity contribution in [2.45, 2.75) is 13.8 Å². The van der Waals surface area contributed by atoms with Crippen LogP contribution in [0, 0.1) is 6.92 Å². The Labute approximate surface area is 141 Å². The van der Waals surface area contributed by atoms with Crippen LogP contribution >= 0.6 is 0 Å². The Bertz CT molecular complexity index is 847. The third-order valence-electron chi connectivity index (χ3n) is 3.31. The van der Waals surface area contributed by atoms with Crippen LogP contribution in [0.3, 0.4) is 0 Å². The number of amides is 1. The number of nitrogens with one attached hydrogen (secondary N) is 2. The third kappa shape index (κ3) is 4.48. The van der Waals surface area contributed by atoms with E-state index in [2.05, 4.69) is 10.0 Å². The molecule has 2 aromatic carbocycles. The summed E-state index contributed by atoms with van der Waals surface area (Å²) < 4.78 is 30.7. The van der Waals surface area contributed by atoms with E-state index < -0.39 is 10.0 Å². The summed E-state index contributed by atoms with van der Waals surface area (Å²) in [6.45, 7) is 4.04. The summed E-state index contributed by atoms with van der Waals surface area (Å²) in [4.78, 5) is 12.6. The fraction of sp³-hybridized carbons (Fsp3) is 0.235. The minimum absolute atomic E-state index is 0.336. The normalized spacial score (nSPS) is 11.0. The number of carbonyl (C=O) groups is 1. The van der Waals surface area contributed by atoms with E-state index in [1.54, 1.807) is 43.3 Å². The minimum Gasteiger partial charge on any atom is -0.492 e. The summed E-state index contributed by atoms with van der Waals surface area (Å²) in [5.41, 5.74) is 1.87. The van der Waals surface area contributed by atoms with Crippen LogP contribution in [-0.4, -0.2) is 27.2 Å². The van der Waals surface area contributed by atoms with Crippen LogP contribution in [0.4, 0.5) is 11.4 Å². The monoisotopic (exact) mass is 348 g/mol. The zero-order valence-electron chi connectivity index (χ0n) is 13.8. The van der Waals surface area contributed by atoms with Gasteiger partial charge in [0.2, 0.25) is 10.0 Å². The summed E-state index contributed by atoms with van der Waals surface area (Å²) in [5, 5.41) is 2.80. The van der Waals surface area contributed by atoms with Gasteiger partial charge in [0.15, 0.2) is 0 Å². The Morgan fingerprint density at radius 2 is 1.75 bits per heavy atom. The van der Waals surface area contributed by atoms with Crippen LogP contribution in [0.25, 0.3) is 0 Å². The average Bonchev–Trinajstić information content (AvgIpc) is 2.50. The van der Waals surface area contributed by atoms with Crippen molar-refractivity contribution in [3.05, 3.63) is 53.6 Å². The van der Waals surface area contributed by atoms with Gasteiger partial charge in [0.25, 0.3) is 5.91 Å². The minimum atomic E-state index is -3.42. The van der Waals surface area contributed by atoms with Crippen molar-refractivity contribution in [3.63, 3.8) is 0 Å². The molecule has 0 bridgehead atoms. The van der Waals surface area contributed by atoms with Gasteiger partial charge in [-0.25, -0.2) is 8.42 Å². The van der Waals surface area contributed by atoms with Gasteiger partial charge >= 0.3 is 0 Å². The summed E-state index contributed by atoms with van der Waals surface area (Å²) in [7, 11) is -3.42. The topological polar surface area (TPSA) is 84.5 Å². The molecule has 2 N–H and O–H groups in total. The number of benzene rings is 2. The van der Waals surface area contributed by atoms with Crippen LogP contribution in [0.5, 0.6) is 5.75 Å². The number of hydrogen-bond donors (Lipinski definition) is 2. The molecule has 0 radical (unpaired) electrons. The second-order valence-electron chi connectivity index (χ2n) is 5.24. The molecule has 0 aliphatic rings. The molecule has 0 heterocycles. The molecule has 0 aliphatic heterocycles. The second-order valence-corrected chi connectivity index (χ2v) is 6.98. The van der Waals surface area contributed by atoms with Crippen molar-refractivity contribution >= 4 is 27.3 Å². The van der Waals surface area contributed by atoms with E-state index in [4.69, 9.17) is 4.74 Å². The fourth-order valence-corrected chi connectivity index (χ4v) is 2.85. The smallest absolute Gasteiger partial charge is 0.256 e. The SMILES string of the molecule is CCOc1ccccc1NC(=O)c1cccc(NS(C)(=O)=O)c1C. The number of carbonyl (C=O) groups excluding carboxylic acids is 1. The first-order valence-corrected chi connectivity index (χ1v) is 9.31. The van der Waals surface area contributed by atoms with Crippen molar-refractivity contribution in [2.24, 2.45) is 0 Å².